The molecule has 3 amide bonds. The van der Waals surface area contributed by atoms with Gasteiger partial charge in [0.15, 0.2) is 6.61 Å². The third-order valence-electron chi connectivity index (χ3n) is 4.38. The number of carbonyl (C=O) groups is 3. The Kier molecular flexibility index (Phi) is 6.63. The summed E-state index contributed by atoms with van der Waals surface area (Å²) in [7, 11) is 0. The quantitative estimate of drug-likeness (QED) is 0.577. The SMILES string of the molecule is Cc1nn(-c2ccccc2)c(C)c1CC(=O)OCC(=O)NC(=O)NCc1ccco1. The van der Waals surface area contributed by atoms with Crippen molar-refractivity contribution in [2.45, 2.75) is 26.8 Å². The smallest absolute Gasteiger partial charge is 0.321 e. The van der Waals surface area contributed by atoms with Crippen LogP contribution in [-0.2, 0) is 27.3 Å². The first-order valence-electron chi connectivity index (χ1n) is 9.30. The minimum atomic E-state index is -0.728. The molecule has 0 fully saturated rings. The minimum absolute atomic E-state index is 0.0253. The number of nitrogens with one attached hydrogen (secondary N) is 2. The second-order valence-corrected chi connectivity index (χ2v) is 6.54. The molecule has 0 aliphatic heterocycles. The molecule has 0 spiro atoms. The number of hydrogen-bond acceptors (Lipinski definition) is 6. The molecule has 3 rings (SSSR count). The molecule has 0 atom stereocenters. The lowest BCUT2D eigenvalue weighted by Crippen LogP contribution is -2.41. The van der Waals surface area contributed by atoms with Crippen molar-refractivity contribution < 1.29 is 23.5 Å². The summed E-state index contributed by atoms with van der Waals surface area (Å²) in [6.45, 7) is 3.25. The lowest BCUT2D eigenvalue weighted by Gasteiger charge is -2.07. The first-order chi connectivity index (χ1) is 14.4. The Morgan fingerprint density at radius 2 is 1.87 bits per heavy atom. The molecule has 0 radical (unpaired) electrons. The molecule has 1 aromatic carbocycles. The van der Waals surface area contributed by atoms with Gasteiger partial charge in [0.2, 0.25) is 0 Å². The second kappa shape index (κ2) is 9.55. The highest BCUT2D eigenvalue weighted by atomic mass is 16.5. The van der Waals surface area contributed by atoms with Crippen LogP contribution in [0.15, 0.2) is 53.1 Å². The van der Waals surface area contributed by atoms with Crippen LogP contribution in [-0.4, -0.2) is 34.3 Å². The predicted molar refractivity (Wildman–Crippen MR) is 107 cm³/mol. The van der Waals surface area contributed by atoms with E-state index in [1.54, 1.807) is 16.8 Å². The number of aromatic nitrogens is 2. The molecular weight excluding hydrogens is 388 g/mol. The summed E-state index contributed by atoms with van der Waals surface area (Å²) in [5, 5.41) is 9.02. The van der Waals surface area contributed by atoms with Crippen LogP contribution in [0.4, 0.5) is 4.79 Å². The van der Waals surface area contributed by atoms with Crippen molar-refractivity contribution in [1.29, 1.82) is 0 Å². The number of benzene rings is 1. The van der Waals surface area contributed by atoms with Crippen molar-refractivity contribution in [3.05, 3.63) is 71.4 Å². The van der Waals surface area contributed by atoms with Crippen molar-refractivity contribution >= 4 is 17.9 Å². The van der Waals surface area contributed by atoms with Gasteiger partial charge < -0.3 is 14.5 Å². The number of nitrogens with zero attached hydrogens (tertiary/aromatic N) is 2. The number of ether oxygens (including phenoxy) is 1. The maximum absolute atomic E-state index is 12.2. The molecule has 0 unspecified atom stereocenters. The van der Waals surface area contributed by atoms with Crippen molar-refractivity contribution in [2.24, 2.45) is 0 Å². The van der Waals surface area contributed by atoms with Gasteiger partial charge in [-0.15, -0.1) is 0 Å². The highest BCUT2D eigenvalue weighted by molar-refractivity contribution is 5.95. The molecule has 0 aliphatic carbocycles. The van der Waals surface area contributed by atoms with Crippen LogP contribution in [0, 0.1) is 13.8 Å². The maximum Gasteiger partial charge on any atom is 0.321 e. The standard InChI is InChI=1S/C21H22N4O5/c1-14-18(15(2)25(24-14)16-7-4-3-5-8-16)11-20(27)30-13-19(26)23-21(28)22-12-17-9-6-10-29-17/h3-10H,11-13H2,1-2H3,(H2,22,23,26,28). The first kappa shape index (κ1) is 20.8. The molecule has 0 saturated carbocycles. The number of aryl methyl sites for hydroxylation is 1. The van der Waals surface area contributed by atoms with Gasteiger partial charge in [-0.1, -0.05) is 18.2 Å². The van der Waals surface area contributed by atoms with Crippen LogP contribution < -0.4 is 10.6 Å². The Balaban J connectivity index is 1.48. The molecule has 9 heteroatoms. The highest BCUT2D eigenvalue weighted by Gasteiger charge is 2.18. The molecule has 0 bridgehead atoms. The number of esters is 1. The van der Waals surface area contributed by atoms with Gasteiger partial charge in [0.1, 0.15) is 5.76 Å². The fourth-order valence-electron chi connectivity index (χ4n) is 2.88. The lowest BCUT2D eigenvalue weighted by atomic mass is 10.1. The van der Waals surface area contributed by atoms with Crippen LogP contribution in [0.25, 0.3) is 5.69 Å². The van der Waals surface area contributed by atoms with E-state index < -0.39 is 24.5 Å². The Hall–Kier alpha value is -3.88. The van der Waals surface area contributed by atoms with Crippen LogP contribution in [0.1, 0.15) is 22.7 Å². The Morgan fingerprint density at radius 3 is 2.57 bits per heavy atom. The van der Waals surface area contributed by atoms with Gasteiger partial charge in [0, 0.05) is 11.3 Å². The lowest BCUT2D eigenvalue weighted by molar-refractivity contribution is -0.147. The fourth-order valence-corrected chi connectivity index (χ4v) is 2.88. The second-order valence-electron chi connectivity index (χ2n) is 6.54. The van der Waals surface area contributed by atoms with Crippen molar-refractivity contribution in [3.8, 4) is 5.69 Å². The molecule has 2 aromatic heterocycles. The van der Waals surface area contributed by atoms with Gasteiger partial charge in [-0.25, -0.2) is 9.48 Å². The Morgan fingerprint density at radius 1 is 1.10 bits per heavy atom. The Labute approximate surface area is 173 Å². The Bertz CT molecular complexity index is 1030. The number of furan rings is 1. The molecule has 0 saturated heterocycles. The van der Waals surface area contributed by atoms with Gasteiger partial charge in [0.25, 0.3) is 5.91 Å². The average Bonchev–Trinajstić information content (AvgIpc) is 3.35. The van der Waals surface area contributed by atoms with Gasteiger partial charge in [-0.3, -0.25) is 14.9 Å². The summed E-state index contributed by atoms with van der Waals surface area (Å²) in [5.41, 5.74) is 3.14. The maximum atomic E-state index is 12.2. The third kappa shape index (κ3) is 5.34. The van der Waals surface area contributed by atoms with E-state index in [9.17, 15) is 14.4 Å². The monoisotopic (exact) mass is 410 g/mol. The van der Waals surface area contributed by atoms with E-state index in [-0.39, 0.29) is 13.0 Å². The zero-order valence-electron chi connectivity index (χ0n) is 16.7. The van der Waals surface area contributed by atoms with Gasteiger partial charge >= 0.3 is 12.0 Å². The summed E-state index contributed by atoms with van der Waals surface area (Å²) in [6, 6.07) is 12.2. The third-order valence-corrected chi connectivity index (χ3v) is 4.38. The number of amides is 3. The molecule has 2 N–H and O–H groups in total. The molecule has 3 aromatic rings. The van der Waals surface area contributed by atoms with Crippen molar-refractivity contribution in [2.75, 3.05) is 6.61 Å². The van der Waals surface area contributed by atoms with Gasteiger partial charge in [-0.05, 0) is 38.1 Å². The average molecular weight is 410 g/mol. The number of rotatable bonds is 7. The van der Waals surface area contributed by atoms with Crippen LogP contribution in [0.5, 0.6) is 0 Å². The summed E-state index contributed by atoms with van der Waals surface area (Å²) < 4.78 is 11.8. The van der Waals surface area contributed by atoms with E-state index in [1.165, 1.54) is 6.26 Å². The van der Waals surface area contributed by atoms with Crippen molar-refractivity contribution in [1.82, 2.24) is 20.4 Å². The molecule has 30 heavy (non-hydrogen) atoms. The van der Waals surface area contributed by atoms with Gasteiger partial charge in [-0.2, -0.15) is 5.10 Å². The molecule has 9 nitrogen and oxygen atoms in total. The molecule has 156 valence electrons. The van der Waals surface area contributed by atoms with E-state index in [4.69, 9.17) is 9.15 Å². The number of carbonyl (C=O) groups excluding carboxylic acids is 3. The molecule has 2 heterocycles. The van der Waals surface area contributed by atoms with Crippen LogP contribution in [0.2, 0.25) is 0 Å². The number of urea groups is 1. The normalized spacial score (nSPS) is 10.5. The summed E-state index contributed by atoms with van der Waals surface area (Å²) >= 11 is 0. The van der Waals surface area contributed by atoms with Crippen LogP contribution >= 0.6 is 0 Å². The number of hydrogen-bond donors (Lipinski definition) is 2. The van der Waals surface area contributed by atoms with Crippen molar-refractivity contribution in [3.63, 3.8) is 0 Å². The topological polar surface area (TPSA) is 115 Å². The molecular formula is C21H22N4O5. The molecule has 0 aliphatic rings. The predicted octanol–water partition coefficient (Wildman–Crippen LogP) is 2.19. The highest BCUT2D eigenvalue weighted by Crippen LogP contribution is 2.18. The van der Waals surface area contributed by atoms with E-state index in [2.05, 4.69) is 15.7 Å². The van der Waals surface area contributed by atoms with E-state index in [0.717, 1.165) is 16.9 Å². The minimum Gasteiger partial charge on any atom is -0.467 e. The van der Waals surface area contributed by atoms with Gasteiger partial charge in [0.05, 0.1) is 30.6 Å². The largest absolute Gasteiger partial charge is 0.467 e. The summed E-state index contributed by atoms with van der Waals surface area (Å²) in [4.78, 5) is 35.7. The number of para-hydroxylation sites is 1. The number of imide groups is 1. The van der Waals surface area contributed by atoms with E-state index in [1.807, 2.05) is 44.2 Å². The zero-order valence-corrected chi connectivity index (χ0v) is 16.7. The fraction of sp³-hybridized carbons (Fsp3) is 0.238. The zero-order chi connectivity index (χ0) is 21.5. The van der Waals surface area contributed by atoms with E-state index in [0.29, 0.717) is 11.5 Å². The summed E-state index contributed by atoms with van der Waals surface area (Å²) in [6.07, 6.45) is 1.45. The first-order valence-corrected chi connectivity index (χ1v) is 9.30. The van der Waals surface area contributed by atoms with Crippen LogP contribution in [0.3, 0.4) is 0 Å². The van der Waals surface area contributed by atoms with E-state index >= 15 is 0 Å². The summed E-state index contributed by atoms with van der Waals surface area (Å²) in [5.74, 6) is -0.764.